The molecule has 1 saturated heterocycles. The molecule has 1 aliphatic rings. The van der Waals surface area contributed by atoms with E-state index in [1.54, 1.807) is 0 Å². The summed E-state index contributed by atoms with van der Waals surface area (Å²) in [5.74, 6) is 2.06. The number of nitrogens with zero attached hydrogens (tertiary/aromatic N) is 4. The molecule has 1 fully saturated rings. The van der Waals surface area contributed by atoms with Gasteiger partial charge in [-0.25, -0.2) is 4.99 Å². The molecule has 0 spiro atoms. The van der Waals surface area contributed by atoms with E-state index in [0.717, 1.165) is 24.7 Å². The van der Waals surface area contributed by atoms with Gasteiger partial charge in [0.25, 0.3) is 0 Å². The van der Waals surface area contributed by atoms with E-state index in [-0.39, 0.29) is 24.0 Å². The maximum absolute atomic E-state index is 5.14. The average Bonchev–Trinajstić information content (AvgIpc) is 2.99. The van der Waals surface area contributed by atoms with Crippen molar-refractivity contribution in [2.75, 3.05) is 18.4 Å². The molecule has 0 radical (unpaired) electrons. The molecule has 0 saturated carbocycles. The maximum Gasteiger partial charge on any atom is 0.248 e. The number of benzene rings is 1. The second-order valence-electron chi connectivity index (χ2n) is 5.41. The Kier molecular flexibility index (Phi) is 6.82. The molecule has 23 heavy (non-hydrogen) atoms. The van der Waals surface area contributed by atoms with Crippen LogP contribution in [0.3, 0.4) is 0 Å². The fraction of sp³-hybridized carbons (Fsp3) is 0.438. The number of aromatic nitrogens is 2. The number of piperidine rings is 1. The summed E-state index contributed by atoms with van der Waals surface area (Å²) in [6.45, 7) is 4.26. The summed E-state index contributed by atoms with van der Waals surface area (Å²) in [6, 6.07) is 10.1. The van der Waals surface area contributed by atoms with Crippen LogP contribution >= 0.6 is 24.0 Å². The molecule has 2 aromatic rings. The number of para-hydroxylation sites is 1. The fourth-order valence-electron chi connectivity index (χ4n) is 2.52. The summed E-state index contributed by atoms with van der Waals surface area (Å²) in [6.07, 6.45) is 3.70. The number of aliphatic imine (C=N–C) groups is 1. The molecule has 1 aromatic carbocycles. The van der Waals surface area contributed by atoms with E-state index in [2.05, 4.69) is 25.3 Å². The van der Waals surface area contributed by atoms with Crippen LogP contribution in [-0.4, -0.2) is 34.1 Å². The van der Waals surface area contributed by atoms with Gasteiger partial charge >= 0.3 is 0 Å². The van der Waals surface area contributed by atoms with Crippen LogP contribution in [-0.2, 0) is 6.54 Å². The van der Waals surface area contributed by atoms with Crippen LogP contribution < -0.4 is 5.32 Å². The van der Waals surface area contributed by atoms with Gasteiger partial charge in [0.1, 0.15) is 6.54 Å². The summed E-state index contributed by atoms with van der Waals surface area (Å²) < 4.78 is 5.14. The lowest BCUT2D eigenvalue weighted by atomic mass is 10.1. The Balaban J connectivity index is 0.00000192. The minimum absolute atomic E-state index is 0. The Labute approximate surface area is 153 Å². The first kappa shape index (κ1) is 17.7. The second kappa shape index (κ2) is 8.85. The first-order valence-electron chi connectivity index (χ1n) is 7.72. The van der Waals surface area contributed by atoms with Crippen LogP contribution in [0.25, 0.3) is 0 Å². The van der Waals surface area contributed by atoms with Gasteiger partial charge < -0.3 is 14.7 Å². The monoisotopic (exact) mass is 427 g/mol. The Hall–Kier alpha value is -1.64. The van der Waals surface area contributed by atoms with Crippen LogP contribution in [0.15, 0.2) is 39.8 Å². The predicted octanol–water partition coefficient (Wildman–Crippen LogP) is 3.45. The summed E-state index contributed by atoms with van der Waals surface area (Å²) in [5, 5.41) is 7.21. The lowest BCUT2D eigenvalue weighted by molar-refractivity contribution is 0.338. The van der Waals surface area contributed by atoms with Crippen molar-refractivity contribution in [1.82, 2.24) is 15.0 Å². The SMILES string of the molecule is Cc1noc(CN=C(Nc2ccccc2)N2CCCCC2)n1.I. The van der Waals surface area contributed by atoms with Gasteiger partial charge in [-0.05, 0) is 38.3 Å². The molecule has 1 aliphatic heterocycles. The molecule has 0 atom stereocenters. The van der Waals surface area contributed by atoms with Crippen molar-refractivity contribution < 1.29 is 4.52 Å². The standard InChI is InChI=1S/C16H21N5O.HI/c1-13-18-15(22-20-13)12-17-16(21-10-6-3-7-11-21)19-14-8-4-2-5-9-14;/h2,4-5,8-9H,3,6-7,10-12H2,1H3,(H,17,19);1H. The number of halogens is 1. The fourth-order valence-corrected chi connectivity index (χ4v) is 2.52. The molecule has 7 heteroatoms. The van der Waals surface area contributed by atoms with Crippen LogP contribution in [0.2, 0.25) is 0 Å². The van der Waals surface area contributed by atoms with Gasteiger partial charge in [-0.1, -0.05) is 23.4 Å². The van der Waals surface area contributed by atoms with Crippen LogP contribution in [0.4, 0.5) is 5.69 Å². The first-order valence-corrected chi connectivity index (χ1v) is 7.72. The van der Waals surface area contributed by atoms with Gasteiger partial charge in [0.2, 0.25) is 5.89 Å². The topological polar surface area (TPSA) is 66.6 Å². The number of hydrogen-bond donors (Lipinski definition) is 1. The largest absolute Gasteiger partial charge is 0.343 e. The molecular weight excluding hydrogens is 405 g/mol. The molecule has 0 unspecified atom stereocenters. The zero-order valence-corrected chi connectivity index (χ0v) is 15.6. The summed E-state index contributed by atoms with van der Waals surface area (Å²) in [4.78, 5) is 11.2. The Morgan fingerprint density at radius 2 is 1.96 bits per heavy atom. The highest BCUT2D eigenvalue weighted by molar-refractivity contribution is 14.0. The summed E-state index contributed by atoms with van der Waals surface area (Å²) in [7, 11) is 0. The van der Waals surface area contributed by atoms with E-state index in [1.807, 2.05) is 37.3 Å². The maximum atomic E-state index is 5.14. The zero-order valence-electron chi connectivity index (χ0n) is 13.2. The van der Waals surface area contributed by atoms with E-state index >= 15 is 0 Å². The molecular formula is C16H22IN5O. The van der Waals surface area contributed by atoms with Gasteiger partial charge in [-0.15, -0.1) is 24.0 Å². The molecule has 0 bridgehead atoms. The van der Waals surface area contributed by atoms with Crippen molar-refractivity contribution in [3.8, 4) is 0 Å². The Bertz CT molecular complexity index is 622. The van der Waals surface area contributed by atoms with Gasteiger partial charge in [-0.2, -0.15) is 4.98 Å². The third kappa shape index (κ3) is 5.19. The van der Waals surface area contributed by atoms with Gasteiger partial charge in [-0.3, -0.25) is 0 Å². The molecule has 0 amide bonds. The van der Waals surface area contributed by atoms with E-state index in [4.69, 9.17) is 4.52 Å². The Morgan fingerprint density at radius 1 is 1.22 bits per heavy atom. The quantitative estimate of drug-likeness (QED) is 0.462. The third-order valence-corrected chi connectivity index (χ3v) is 3.62. The Morgan fingerprint density at radius 3 is 2.61 bits per heavy atom. The van der Waals surface area contributed by atoms with E-state index in [0.29, 0.717) is 18.3 Å². The summed E-state index contributed by atoms with van der Waals surface area (Å²) in [5.41, 5.74) is 1.04. The van der Waals surface area contributed by atoms with Gasteiger partial charge in [0.05, 0.1) is 0 Å². The molecule has 1 N–H and O–H groups in total. The van der Waals surface area contributed by atoms with E-state index in [9.17, 15) is 0 Å². The molecule has 1 aromatic heterocycles. The molecule has 2 heterocycles. The number of rotatable bonds is 3. The van der Waals surface area contributed by atoms with Crippen molar-refractivity contribution in [3.63, 3.8) is 0 Å². The minimum atomic E-state index is 0. The number of aryl methyl sites for hydroxylation is 1. The van der Waals surface area contributed by atoms with Crippen LogP contribution in [0, 0.1) is 6.92 Å². The molecule has 124 valence electrons. The van der Waals surface area contributed by atoms with Gasteiger partial charge in [0, 0.05) is 18.8 Å². The lowest BCUT2D eigenvalue weighted by Crippen LogP contribution is -2.40. The van der Waals surface area contributed by atoms with Crippen molar-refractivity contribution in [1.29, 1.82) is 0 Å². The highest BCUT2D eigenvalue weighted by Crippen LogP contribution is 2.13. The van der Waals surface area contributed by atoms with Crippen molar-refractivity contribution in [2.24, 2.45) is 4.99 Å². The van der Waals surface area contributed by atoms with Crippen LogP contribution in [0.1, 0.15) is 31.0 Å². The smallest absolute Gasteiger partial charge is 0.248 e. The minimum Gasteiger partial charge on any atom is -0.343 e. The van der Waals surface area contributed by atoms with Crippen LogP contribution in [0.5, 0.6) is 0 Å². The predicted molar refractivity (Wildman–Crippen MR) is 101 cm³/mol. The van der Waals surface area contributed by atoms with Crippen molar-refractivity contribution in [3.05, 3.63) is 42.0 Å². The van der Waals surface area contributed by atoms with Crippen molar-refractivity contribution in [2.45, 2.75) is 32.7 Å². The number of likely N-dealkylation sites (tertiary alicyclic amines) is 1. The van der Waals surface area contributed by atoms with Crippen molar-refractivity contribution >= 4 is 35.6 Å². The average molecular weight is 427 g/mol. The van der Waals surface area contributed by atoms with Gasteiger partial charge in [0.15, 0.2) is 11.8 Å². The zero-order chi connectivity index (χ0) is 15.2. The highest BCUT2D eigenvalue weighted by atomic mass is 127. The number of anilines is 1. The number of hydrogen-bond acceptors (Lipinski definition) is 4. The molecule has 6 nitrogen and oxygen atoms in total. The molecule has 0 aliphatic carbocycles. The van der Waals surface area contributed by atoms with E-state index in [1.165, 1.54) is 19.3 Å². The summed E-state index contributed by atoms with van der Waals surface area (Å²) >= 11 is 0. The number of nitrogens with one attached hydrogen (secondary N) is 1. The normalized spacial score (nSPS) is 15.2. The van der Waals surface area contributed by atoms with E-state index < -0.39 is 0 Å². The highest BCUT2D eigenvalue weighted by Gasteiger charge is 2.15. The second-order valence-corrected chi connectivity index (χ2v) is 5.41. The lowest BCUT2D eigenvalue weighted by Gasteiger charge is -2.30. The number of guanidine groups is 1. The third-order valence-electron chi connectivity index (χ3n) is 3.62. The first-order chi connectivity index (χ1) is 10.8. The molecule has 3 rings (SSSR count).